The van der Waals surface area contributed by atoms with Crippen molar-refractivity contribution >= 4 is 96.2 Å². The fourth-order valence-corrected chi connectivity index (χ4v) is 10.2. The second kappa shape index (κ2) is 36.8. The van der Waals surface area contributed by atoms with Crippen LogP contribution in [0.25, 0.3) is 0 Å². The van der Waals surface area contributed by atoms with Crippen molar-refractivity contribution in [3.8, 4) is 0 Å². The monoisotopic (exact) mass is 1220 g/mol. The molecule has 0 spiro atoms. The van der Waals surface area contributed by atoms with Crippen LogP contribution in [-0.2, 0) is 59.2 Å². The molecule has 0 aromatic heterocycles. The van der Waals surface area contributed by atoms with Gasteiger partial charge < -0.3 is 91.2 Å². The normalized spacial score (nSPS) is 18.3. The number of amides is 11. The van der Waals surface area contributed by atoms with Crippen LogP contribution in [0.15, 0.2) is 35.3 Å². The van der Waals surface area contributed by atoms with Crippen LogP contribution in [-0.4, -0.2) is 208 Å². The van der Waals surface area contributed by atoms with Crippen LogP contribution < -0.4 is 71.2 Å². The van der Waals surface area contributed by atoms with Crippen molar-refractivity contribution in [2.45, 2.75) is 177 Å². The van der Waals surface area contributed by atoms with E-state index in [2.05, 4.69) is 72.8 Å². The van der Waals surface area contributed by atoms with Crippen molar-refractivity contribution in [2.75, 3.05) is 44.2 Å². The third-order valence-corrected chi connectivity index (χ3v) is 14.9. The number of likely N-dealkylation sites (tertiary alicyclic amines) is 2. The number of guanidine groups is 1. The summed E-state index contributed by atoms with van der Waals surface area (Å²) in [5.41, 5.74) is 28.3. The second-order valence-corrected chi connectivity index (χ2v) is 21.6. The Morgan fingerprint density at radius 3 is 1.50 bits per heavy atom. The molecule has 1 aromatic rings. The number of primary amides is 1. The zero-order valence-electron chi connectivity index (χ0n) is 48.0. The molecule has 0 aliphatic carbocycles. The minimum Gasteiger partial charge on any atom is -0.391 e. The van der Waals surface area contributed by atoms with Gasteiger partial charge in [-0.15, -0.1) is 0 Å². The minimum atomic E-state index is -1.61. The van der Waals surface area contributed by atoms with Gasteiger partial charge in [0, 0.05) is 44.5 Å². The largest absolute Gasteiger partial charge is 0.391 e. The van der Waals surface area contributed by atoms with Gasteiger partial charge in [0.2, 0.25) is 65.0 Å². The highest BCUT2D eigenvalue weighted by Crippen LogP contribution is 2.22. The number of aliphatic imine (C=N–C) groups is 1. The highest BCUT2D eigenvalue weighted by molar-refractivity contribution is 7.80. The Kier molecular flexibility index (Phi) is 31.3. The van der Waals surface area contributed by atoms with Crippen molar-refractivity contribution in [3.63, 3.8) is 0 Å². The molecule has 2 aliphatic heterocycles. The van der Waals surface area contributed by atoms with Crippen molar-refractivity contribution in [1.29, 1.82) is 0 Å². The average Bonchev–Trinajstić information content (AvgIpc) is 3.97. The Morgan fingerprint density at radius 2 is 1.01 bits per heavy atom. The van der Waals surface area contributed by atoms with Crippen LogP contribution in [0.5, 0.6) is 0 Å². The topological polar surface area (TPSA) is 473 Å². The quantitative estimate of drug-likeness (QED) is 0.0129. The van der Waals surface area contributed by atoms with Crippen LogP contribution in [0.3, 0.4) is 0 Å². The number of aliphatic hydroxyl groups excluding tert-OH is 2. The number of hydrogen-bond donors (Lipinski definition) is 17. The van der Waals surface area contributed by atoms with Gasteiger partial charge in [0.1, 0.15) is 60.4 Å². The van der Waals surface area contributed by atoms with Crippen LogP contribution in [0.1, 0.15) is 103 Å². The third kappa shape index (κ3) is 23.0. The van der Waals surface area contributed by atoms with Gasteiger partial charge in [-0.2, -0.15) is 25.3 Å². The SMILES string of the molecule is CC(=O)N[C@@H](CCCCN)C(=O)N1CCC[C@H]1C(=O)N[C@H](C(=O)N[C@@H](CS)C(=O)N1CCC[C@H]1C(=O)N[C@@H](Cc1ccccc1)C(=O)N[C@@H](CS)C(=O)N[C@@H](CCCN=C(N)N)C(=O)N[C@@H](CCCCN)C(=O)N[C@H](C(N)=O)[C@@H](C)O)[C@@H](C)O. The number of aliphatic hydroxyl groups is 2. The summed E-state index contributed by atoms with van der Waals surface area (Å²) in [6.07, 6.45) is 0.528. The predicted molar refractivity (Wildman–Crippen MR) is 317 cm³/mol. The first-order valence-electron chi connectivity index (χ1n) is 28.3. The Morgan fingerprint density at radius 1 is 0.560 bits per heavy atom. The second-order valence-electron chi connectivity index (χ2n) is 20.9. The molecular weight excluding hydrogens is 1130 g/mol. The molecule has 31 heteroatoms. The maximum atomic E-state index is 14.3. The fourth-order valence-electron chi connectivity index (χ4n) is 9.66. The summed E-state index contributed by atoms with van der Waals surface area (Å²) in [6, 6.07) is -4.51. The van der Waals surface area contributed by atoms with Gasteiger partial charge in [0.05, 0.1) is 12.2 Å². The number of carbonyl (C=O) groups excluding carboxylic acids is 11. The molecule has 2 aliphatic rings. The molecule has 84 heavy (non-hydrogen) atoms. The van der Waals surface area contributed by atoms with E-state index < -0.39 is 138 Å². The number of rotatable bonds is 36. The van der Waals surface area contributed by atoms with Gasteiger partial charge in [-0.1, -0.05) is 30.3 Å². The van der Waals surface area contributed by atoms with Crippen LogP contribution in [0.2, 0.25) is 0 Å². The fraction of sp³-hybridized carbons (Fsp3) is 0.660. The van der Waals surface area contributed by atoms with E-state index in [1.807, 2.05) is 0 Å². The summed E-state index contributed by atoms with van der Waals surface area (Å²) in [4.78, 5) is 156. The highest BCUT2D eigenvalue weighted by Gasteiger charge is 2.43. The van der Waals surface area contributed by atoms with E-state index in [1.165, 1.54) is 30.6 Å². The third-order valence-electron chi connectivity index (χ3n) is 14.1. The first kappa shape index (κ1) is 71.5. The summed E-state index contributed by atoms with van der Waals surface area (Å²) in [6.45, 7) is 4.71. The molecule has 29 nitrogen and oxygen atoms in total. The molecule has 1 aromatic carbocycles. The number of nitrogens with zero attached hydrogens (tertiary/aromatic N) is 3. The van der Waals surface area contributed by atoms with E-state index in [4.69, 9.17) is 28.7 Å². The molecule has 12 atom stereocenters. The molecule has 0 bridgehead atoms. The number of hydrogen-bond acceptors (Lipinski definition) is 18. The number of thiol groups is 2. The Labute approximate surface area is 500 Å². The molecule has 20 N–H and O–H groups in total. The van der Waals surface area contributed by atoms with Gasteiger partial charge in [-0.3, -0.25) is 57.7 Å². The summed E-state index contributed by atoms with van der Waals surface area (Å²) in [5, 5.41) is 41.5. The molecule has 0 saturated carbocycles. The molecule has 11 amide bonds. The molecule has 0 unspecified atom stereocenters. The summed E-state index contributed by atoms with van der Waals surface area (Å²) >= 11 is 8.65. The summed E-state index contributed by atoms with van der Waals surface area (Å²) in [5.74, 6) is -9.40. The van der Waals surface area contributed by atoms with Crippen LogP contribution in [0, 0.1) is 0 Å². The van der Waals surface area contributed by atoms with Gasteiger partial charge in [-0.05, 0) is 110 Å². The van der Waals surface area contributed by atoms with Gasteiger partial charge in [-0.25, -0.2) is 0 Å². The van der Waals surface area contributed by atoms with Crippen molar-refractivity contribution in [2.24, 2.45) is 33.7 Å². The lowest BCUT2D eigenvalue weighted by atomic mass is 10.0. The predicted octanol–water partition coefficient (Wildman–Crippen LogP) is -5.47. The molecule has 0 radical (unpaired) electrons. The molecule has 2 heterocycles. The van der Waals surface area contributed by atoms with Gasteiger partial charge >= 0.3 is 0 Å². The van der Waals surface area contributed by atoms with E-state index in [0.717, 1.165) is 0 Å². The molecule has 2 saturated heterocycles. The van der Waals surface area contributed by atoms with Crippen LogP contribution >= 0.6 is 25.3 Å². The first-order chi connectivity index (χ1) is 39.9. The smallest absolute Gasteiger partial charge is 0.246 e. The minimum absolute atomic E-state index is 0.0357. The van der Waals surface area contributed by atoms with Crippen LogP contribution in [0.4, 0.5) is 0 Å². The number of benzene rings is 1. The average molecular weight is 1220 g/mol. The van der Waals surface area contributed by atoms with Crippen molar-refractivity contribution in [1.82, 2.24) is 52.3 Å². The summed E-state index contributed by atoms with van der Waals surface area (Å²) in [7, 11) is 0. The number of nitrogens with one attached hydrogen (secondary N) is 8. The van der Waals surface area contributed by atoms with E-state index in [0.29, 0.717) is 50.6 Å². The molecule has 470 valence electrons. The molecular formula is C53H88N16O13S2. The Bertz CT molecular complexity index is 2420. The van der Waals surface area contributed by atoms with Gasteiger partial charge in [0.25, 0.3) is 0 Å². The highest BCUT2D eigenvalue weighted by atomic mass is 32.1. The number of nitrogens with two attached hydrogens (primary N) is 5. The number of unbranched alkanes of at least 4 members (excludes halogenated alkanes) is 2. The van der Waals surface area contributed by atoms with Gasteiger partial charge in [0.15, 0.2) is 5.96 Å². The van der Waals surface area contributed by atoms with E-state index >= 15 is 0 Å². The lowest BCUT2D eigenvalue weighted by Crippen LogP contribution is -2.62. The first-order valence-corrected chi connectivity index (χ1v) is 29.5. The summed E-state index contributed by atoms with van der Waals surface area (Å²) < 4.78 is 0. The lowest BCUT2D eigenvalue weighted by Gasteiger charge is -2.32. The van der Waals surface area contributed by atoms with Crippen molar-refractivity contribution in [3.05, 3.63) is 35.9 Å². The number of carbonyl (C=O) groups is 11. The lowest BCUT2D eigenvalue weighted by molar-refractivity contribution is -0.143. The zero-order valence-corrected chi connectivity index (χ0v) is 49.8. The molecule has 3 rings (SSSR count). The Hall–Kier alpha value is -6.80. The maximum absolute atomic E-state index is 14.3. The maximum Gasteiger partial charge on any atom is 0.246 e. The van der Waals surface area contributed by atoms with Crippen molar-refractivity contribution < 1.29 is 63.0 Å². The zero-order chi connectivity index (χ0) is 62.6. The van der Waals surface area contributed by atoms with E-state index in [9.17, 15) is 63.0 Å². The molecule has 2 fully saturated rings. The van der Waals surface area contributed by atoms with E-state index in [-0.39, 0.29) is 88.6 Å². The van der Waals surface area contributed by atoms with E-state index in [1.54, 1.807) is 30.3 Å². The Balaban J connectivity index is 1.82. The standard InChI is InChI=1S/C53H88N16O13S2/c1-29(70)41(43(56)73)66-45(75)33(16-7-9-21-54)61-44(74)34(18-11-23-59-53(57)58)62-47(77)37(27-83)64-46(76)36(26-32-14-5-4-6-15-32)63-48(78)39-19-12-25-69(39)52(82)38(28-84)65-50(80)42(30(2)71)67-49(79)40-20-13-24-68(40)51(81)35(60-31(3)72)17-8-10-22-55/h4-6,14-15,29-30,33-42,70-71,83-84H,7-13,16-28,54-55H2,1-3H3,(H2,56,73)(H,60,72)(H,61,74)(H,62,77)(H,63,78)(H,64,76)(H,65,80)(H,66,75)(H,67,79)(H4,57,58,59)/t29-,30-,33+,34+,35+,36+,37+,38+,39+,40+,41+,42+/m1/s1.